The fourth-order valence-corrected chi connectivity index (χ4v) is 2.05. The van der Waals surface area contributed by atoms with Gasteiger partial charge in [0, 0.05) is 24.8 Å². The van der Waals surface area contributed by atoms with Crippen molar-refractivity contribution >= 4 is 17.5 Å². The minimum atomic E-state index is -0.385. The predicted molar refractivity (Wildman–Crippen MR) is 89.8 cm³/mol. The molecule has 0 fully saturated rings. The van der Waals surface area contributed by atoms with Gasteiger partial charge in [-0.1, -0.05) is 18.2 Å². The second kappa shape index (κ2) is 8.46. The number of rotatable bonds is 6. The zero-order valence-electron chi connectivity index (χ0n) is 13.2. The second-order valence-electron chi connectivity index (χ2n) is 4.94. The van der Waals surface area contributed by atoms with Crippen LogP contribution in [0.2, 0.25) is 0 Å². The summed E-state index contributed by atoms with van der Waals surface area (Å²) < 4.78 is 4.87. The van der Waals surface area contributed by atoms with E-state index in [1.54, 1.807) is 49.6 Å². The van der Waals surface area contributed by atoms with Crippen LogP contribution in [0.4, 0.5) is 5.69 Å². The highest BCUT2D eigenvalue weighted by Crippen LogP contribution is 2.15. The first-order chi connectivity index (χ1) is 11.7. The molecule has 122 valence electrons. The molecule has 0 unspecified atom stereocenters. The van der Waals surface area contributed by atoms with Gasteiger partial charge in [-0.2, -0.15) is 5.26 Å². The number of amides is 2. The number of nitriles is 1. The van der Waals surface area contributed by atoms with Crippen molar-refractivity contribution in [2.45, 2.75) is 0 Å². The molecule has 2 aromatic rings. The van der Waals surface area contributed by atoms with Crippen molar-refractivity contribution in [2.75, 3.05) is 25.6 Å². The molecular formula is C18H17N3O3. The maximum Gasteiger partial charge on any atom is 0.255 e. The third kappa shape index (κ3) is 4.41. The van der Waals surface area contributed by atoms with E-state index >= 15 is 0 Å². The molecule has 0 aliphatic carbocycles. The lowest BCUT2D eigenvalue weighted by molar-refractivity contribution is 0.0937. The van der Waals surface area contributed by atoms with Crippen LogP contribution >= 0.6 is 0 Å². The van der Waals surface area contributed by atoms with E-state index in [2.05, 4.69) is 10.6 Å². The zero-order chi connectivity index (χ0) is 17.4. The molecule has 0 atom stereocenters. The number of carbonyl (C=O) groups excluding carboxylic acids is 2. The molecule has 24 heavy (non-hydrogen) atoms. The second-order valence-corrected chi connectivity index (χ2v) is 4.94. The normalized spacial score (nSPS) is 9.83. The van der Waals surface area contributed by atoms with E-state index in [0.29, 0.717) is 35.5 Å². The lowest BCUT2D eigenvalue weighted by atomic mass is 10.1. The Morgan fingerprint density at radius 2 is 1.79 bits per heavy atom. The van der Waals surface area contributed by atoms with Crippen LogP contribution in [-0.4, -0.2) is 32.1 Å². The van der Waals surface area contributed by atoms with Gasteiger partial charge < -0.3 is 15.4 Å². The molecule has 0 aliphatic rings. The van der Waals surface area contributed by atoms with Crippen molar-refractivity contribution in [2.24, 2.45) is 0 Å². The van der Waals surface area contributed by atoms with Crippen LogP contribution in [0.3, 0.4) is 0 Å². The average Bonchev–Trinajstić information content (AvgIpc) is 2.62. The van der Waals surface area contributed by atoms with Crippen LogP contribution < -0.4 is 10.6 Å². The maximum atomic E-state index is 12.3. The smallest absolute Gasteiger partial charge is 0.255 e. The fraction of sp³-hybridized carbons (Fsp3) is 0.167. The van der Waals surface area contributed by atoms with Gasteiger partial charge in [-0.15, -0.1) is 0 Å². The minimum absolute atomic E-state index is 0.279. The molecule has 2 amide bonds. The lowest BCUT2D eigenvalue weighted by Gasteiger charge is -2.08. The summed E-state index contributed by atoms with van der Waals surface area (Å²) in [6.45, 7) is 0.804. The van der Waals surface area contributed by atoms with Gasteiger partial charge in [0.2, 0.25) is 0 Å². The summed E-state index contributed by atoms with van der Waals surface area (Å²) in [5.74, 6) is -0.664. The first kappa shape index (κ1) is 17.2. The number of nitrogens with zero attached hydrogens (tertiary/aromatic N) is 1. The first-order valence-corrected chi connectivity index (χ1v) is 7.33. The Hall–Kier alpha value is -3.17. The summed E-state index contributed by atoms with van der Waals surface area (Å²) in [6, 6.07) is 15.1. The Morgan fingerprint density at radius 3 is 2.50 bits per heavy atom. The van der Waals surface area contributed by atoms with E-state index in [-0.39, 0.29) is 11.8 Å². The number of carbonyl (C=O) groups is 2. The molecule has 0 spiro atoms. The van der Waals surface area contributed by atoms with Gasteiger partial charge in [-0.25, -0.2) is 0 Å². The summed E-state index contributed by atoms with van der Waals surface area (Å²) in [4.78, 5) is 24.4. The lowest BCUT2D eigenvalue weighted by Crippen LogP contribution is -2.27. The van der Waals surface area contributed by atoms with Gasteiger partial charge in [0.15, 0.2) is 0 Å². The van der Waals surface area contributed by atoms with E-state index in [0.717, 1.165) is 0 Å². The molecule has 0 saturated heterocycles. The molecule has 0 bridgehead atoms. The summed E-state index contributed by atoms with van der Waals surface area (Å²) in [6.07, 6.45) is 0. The topological polar surface area (TPSA) is 91.2 Å². The van der Waals surface area contributed by atoms with Gasteiger partial charge in [0.25, 0.3) is 11.8 Å². The Morgan fingerprint density at radius 1 is 1.08 bits per heavy atom. The molecule has 2 rings (SSSR count). The van der Waals surface area contributed by atoms with Gasteiger partial charge in [-0.3, -0.25) is 9.59 Å². The average molecular weight is 323 g/mol. The van der Waals surface area contributed by atoms with Crippen LogP contribution in [0, 0.1) is 11.3 Å². The highest BCUT2D eigenvalue weighted by atomic mass is 16.5. The number of benzene rings is 2. The van der Waals surface area contributed by atoms with Crippen molar-refractivity contribution in [3.05, 3.63) is 65.2 Å². The molecular weight excluding hydrogens is 306 g/mol. The van der Waals surface area contributed by atoms with Crippen LogP contribution in [0.5, 0.6) is 0 Å². The minimum Gasteiger partial charge on any atom is -0.383 e. The van der Waals surface area contributed by atoms with Crippen molar-refractivity contribution in [3.63, 3.8) is 0 Å². The van der Waals surface area contributed by atoms with Crippen molar-refractivity contribution in [3.8, 4) is 6.07 Å². The van der Waals surface area contributed by atoms with Crippen LogP contribution in [-0.2, 0) is 4.74 Å². The third-order valence-electron chi connectivity index (χ3n) is 3.27. The highest BCUT2D eigenvalue weighted by Gasteiger charge is 2.12. The van der Waals surface area contributed by atoms with E-state index < -0.39 is 0 Å². The van der Waals surface area contributed by atoms with Crippen LogP contribution in [0.25, 0.3) is 0 Å². The quantitative estimate of drug-likeness (QED) is 0.797. The SMILES string of the molecule is COCCNC(=O)c1cccc(C(=O)Nc2ccccc2C#N)c1. The number of nitrogens with one attached hydrogen (secondary N) is 2. The molecule has 0 radical (unpaired) electrons. The fourth-order valence-electron chi connectivity index (χ4n) is 2.05. The van der Waals surface area contributed by atoms with Gasteiger partial charge in [0.05, 0.1) is 17.9 Å². The molecule has 6 heteroatoms. The van der Waals surface area contributed by atoms with E-state index in [9.17, 15) is 9.59 Å². The van der Waals surface area contributed by atoms with Gasteiger partial charge in [0.1, 0.15) is 6.07 Å². The predicted octanol–water partition coefficient (Wildman–Crippen LogP) is 2.19. The standard InChI is InChI=1S/C18H17N3O3/c1-24-10-9-20-17(22)13-6-4-7-14(11-13)18(23)21-16-8-3-2-5-15(16)12-19/h2-8,11H,9-10H2,1H3,(H,20,22)(H,21,23). The molecule has 2 aromatic carbocycles. The van der Waals surface area contributed by atoms with Crippen LogP contribution in [0.15, 0.2) is 48.5 Å². The molecule has 0 heterocycles. The number of ether oxygens (including phenoxy) is 1. The van der Waals surface area contributed by atoms with Crippen molar-refractivity contribution in [1.82, 2.24) is 5.32 Å². The highest BCUT2D eigenvalue weighted by molar-refractivity contribution is 6.06. The van der Waals surface area contributed by atoms with Crippen molar-refractivity contribution in [1.29, 1.82) is 5.26 Å². The number of hydrogen-bond donors (Lipinski definition) is 2. The largest absolute Gasteiger partial charge is 0.383 e. The zero-order valence-corrected chi connectivity index (χ0v) is 13.2. The van der Waals surface area contributed by atoms with E-state index in [1.165, 1.54) is 6.07 Å². The molecule has 0 aromatic heterocycles. The summed E-state index contributed by atoms with van der Waals surface area (Å²) in [7, 11) is 1.55. The summed E-state index contributed by atoms with van der Waals surface area (Å²) in [5, 5.41) is 14.4. The maximum absolute atomic E-state index is 12.3. The Kier molecular flexibility index (Phi) is 6.06. The molecule has 0 aliphatic heterocycles. The van der Waals surface area contributed by atoms with Gasteiger partial charge >= 0.3 is 0 Å². The van der Waals surface area contributed by atoms with Crippen LogP contribution in [0.1, 0.15) is 26.3 Å². The Bertz CT molecular complexity index is 781. The molecule has 2 N–H and O–H groups in total. The van der Waals surface area contributed by atoms with E-state index in [1.807, 2.05) is 6.07 Å². The first-order valence-electron chi connectivity index (χ1n) is 7.33. The number of hydrogen-bond acceptors (Lipinski definition) is 4. The summed E-state index contributed by atoms with van der Waals surface area (Å²) in [5.41, 5.74) is 1.52. The van der Waals surface area contributed by atoms with Gasteiger partial charge in [-0.05, 0) is 30.3 Å². The number of methoxy groups -OCH3 is 1. The monoisotopic (exact) mass is 323 g/mol. The Balaban J connectivity index is 2.12. The van der Waals surface area contributed by atoms with E-state index in [4.69, 9.17) is 10.00 Å². The molecule has 6 nitrogen and oxygen atoms in total. The molecule has 0 saturated carbocycles. The number of anilines is 1. The number of para-hydroxylation sites is 1. The van der Waals surface area contributed by atoms with Crippen molar-refractivity contribution < 1.29 is 14.3 Å². The Labute approximate surface area is 140 Å². The summed E-state index contributed by atoms with van der Waals surface area (Å²) >= 11 is 0. The third-order valence-corrected chi connectivity index (χ3v) is 3.27.